The SMILES string of the molecule is CCOC(=O)[C@H]1[C@@H]2Cc3cc(OCc4cc(B5OC(C)(C)C(C)(C)O5)ccc4F)ccc3[C@@H]21. The lowest BCUT2D eigenvalue weighted by Crippen LogP contribution is -2.41. The highest BCUT2D eigenvalue weighted by Gasteiger charge is 2.60. The summed E-state index contributed by atoms with van der Waals surface area (Å²) in [6.45, 7) is 10.3. The van der Waals surface area contributed by atoms with Crippen LogP contribution in [0.3, 0.4) is 0 Å². The van der Waals surface area contributed by atoms with Crippen molar-refractivity contribution in [3.8, 4) is 5.75 Å². The van der Waals surface area contributed by atoms with Gasteiger partial charge in [0.15, 0.2) is 0 Å². The normalized spacial score (nSPS) is 26.0. The maximum absolute atomic E-state index is 14.5. The Morgan fingerprint density at radius 3 is 2.55 bits per heavy atom. The molecule has 5 rings (SSSR count). The second-order valence-corrected chi connectivity index (χ2v) is 10.3. The van der Waals surface area contributed by atoms with E-state index in [0.717, 1.165) is 11.9 Å². The van der Waals surface area contributed by atoms with E-state index < -0.39 is 18.3 Å². The summed E-state index contributed by atoms with van der Waals surface area (Å²) in [5.74, 6) is 0.885. The van der Waals surface area contributed by atoms with Gasteiger partial charge in [0.1, 0.15) is 18.2 Å². The second kappa shape index (κ2) is 7.85. The van der Waals surface area contributed by atoms with Gasteiger partial charge in [0.25, 0.3) is 0 Å². The van der Waals surface area contributed by atoms with Crippen LogP contribution in [0.5, 0.6) is 5.75 Å². The van der Waals surface area contributed by atoms with Gasteiger partial charge in [-0.3, -0.25) is 4.79 Å². The fraction of sp³-hybridized carbons (Fsp3) is 0.500. The maximum atomic E-state index is 14.5. The summed E-state index contributed by atoms with van der Waals surface area (Å²) in [6.07, 6.45) is 0.854. The third-order valence-corrected chi connectivity index (χ3v) is 7.65. The average molecular weight is 452 g/mol. The average Bonchev–Trinajstić information content (AvgIpc) is 3.25. The van der Waals surface area contributed by atoms with Crippen molar-refractivity contribution in [3.05, 3.63) is 58.9 Å². The van der Waals surface area contributed by atoms with E-state index in [1.807, 2.05) is 52.8 Å². The quantitative estimate of drug-likeness (QED) is 0.487. The highest BCUT2D eigenvalue weighted by atomic mass is 19.1. The Labute approximate surface area is 194 Å². The van der Waals surface area contributed by atoms with Gasteiger partial charge in [-0.05, 0) is 81.7 Å². The van der Waals surface area contributed by atoms with Gasteiger partial charge in [-0.15, -0.1) is 0 Å². The topological polar surface area (TPSA) is 54.0 Å². The molecule has 1 saturated carbocycles. The zero-order valence-electron chi connectivity index (χ0n) is 19.8. The number of benzene rings is 2. The molecule has 2 aromatic rings. The van der Waals surface area contributed by atoms with Crippen LogP contribution < -0.4 is 10.2 Å². The highest BCUT2D eigenvalue weighted by Crippen LogP contribution is 2.62. The number of hydrogen-bond acceptors (Lipinski definition) is 5. The Balaban J connectivity index is 1.26. The minimum Gasteiger partial charge on any atom is -0.489 e. The van der Waals surface area contributed by atoms with Crippen LogP contribution >= 0.6 is 0 Å². The van der Waals surface area contributed by atoms with Gasteiger partial charge in [0.05, 0.1) is 23.7 Å². The van der Waals surface area contributed by atoms with Crippen LogP contribution in [0.15, 0.2) is 36.4 Å². The third-order valence-electron chi connectivity index (χ3n) is 7.65. The Morgan fingerprint density at radius 1 is 1.12 bits per heavy atom. The Morgan fingerprint density at radius 2 is 1.85 bits per heavy atom. The summed E-state index contributed by atoms with van der Waals surface area (Å²) in [7, 11) is -0.548. The molecule has 0 radical (unpaired) electrons. The van der Waals surface area contributed by atoms with Gasteiger partial charge < -0.3 is 18.8 Å². The van der Waals surface area contributed by atoms with Crippen LogP contribution in [0.1, 0.15) is 57.2 Å². The fourth-order valence-corrected chi connectivity index (χ4v) is 5.03. The number of carbonyl (C=O) groups is 1. The summed E-state index contributed by atoms with van der Waals surface area (Å²) in [5, 5.41) is 0. The zero-order chi connectivity index (χ0) is 23.5. The molecule has 3 aliphatic rings. The van der Waals surface area contributed by atoms with E-state index in [1.165, 1.54) is 17.2 Å². The number of rotatable bonds is 6. The Bertz CT molecular complexity index is 1080. The smallest absolute Gasteiger partial charge is 0.489 e. The van der Waals surface area contributed by atoms with Crippen molar-refractivity contribution in [1.29, 1.82) is 0 Å². The first-order valence-electron chi connectivity index (χ1n) is 11.7. The molecule has 174 valence electrons. The predicted molar refractivity (Wildman–Crippen MR) is 123 cm³/mol. The van der Waals surface area contributed by atoms with Crippen LogP contribution in [0.2, 0.25) is 0 Å². The van der Waals surface area contributed by atoms with E-state index in [9.17, 15) is 9.18 Å². The molecule has 0 bridgehead atoms. The lowest BCUT2D eigenvalue weighted by molar-refractivity contribution is -0.145. The summed E-state index contributed by atoms with van der Waals surface area (Å²) in [5.41, 5.74) is 2.72. The van der Waals surface area contributed by atoms with E-state index in [4.69, 9.17) is 18.8 Å². The van der Waals surface area contributed by atoms with Gasteiger partial charge in [0, 0.05) is 11.5 Å². The van der Waals surface area contributed by atoms with Gasteiger partial charge in [0.2, 0.25) is 0 Å². The molecule has 5 nitrogen and oxygen atoms in total. The standard InChI is InChI=1S/C26H30BFO5/c1-6-30-24(29)23-20-13-15-12-18(8-9-19(15)22(20)23)31-14-16-11-17(7-10-21(16)28)27-32-25(2,3)26(4,5)33-27/h7-12,20,22-23H,6,13-14H2,1-5H3/t20-,22+,23+/m1/s1. The fourth-order valence-electron chi connectivity index (χ4n) is 5.03. The molecule has 0 aromatic heterocycles. The molecular formula is C26H30BFO5. The molecule has 0 spiro atoms. The minimum absolute atomic E-state index is 0.00367. The summed E-state index contributed by atoms with van der Waals surface area (Å²) < 4.78 is 37.8. The molecule has 0 N–H and O–H groups in total. The molecule has 2 aliphatic carbocycles. The lowest BCUT2D eigenvalue weighted by atomic mass is 9.78. The maximum Gasteiger partial charge on any atom is 0.494 e. The molecule has 1 heterocycles. The van der Waals surface area contributed by atoms with Gasteiger partial charge in [-0.25, -0.2) is 4.39 Å². The molecule has 2 aromatic carbocycles. The molecule has 2 fully saturated rings. The van der Waals surface area contributed by atoms with Crippen molar-refractivity contribution < 1.29 is 28.0 Å². The number of carbonyl (C=O) groups excluding carboxylic acids is 1. The van der Waals surface area contributed by atoms with Crippen molar-refractivity contribution in [1.82, 2.24) is 0 Å². The van der Waals surface area contributed by atoms with Crippen molar-refractivity contribution in [2.24, 2.45) is 11.8 Å². The van der Waals surface area contributed by atoms with Crippen molar-refractivity contribution in [3.63, 3.8) is 0 Å². The van der Waals surface area contributed by atoms with Crippen molar-refractivity contribution >= 4 is 18.6 Å². The van der Waals surface area contributed by atoms with E-state index in [0.29, 0.717) is 23.8 Å². The van der Waals surface area contributed by atoms with Gasteiger partial charge in [-0.2, -0.15) is 0 Å². The molecule has 1 aliphatic heterocycles. The summed E-state index contributed by atoms with van der Waals surface area (Å²) in [4.78, 5) is 12.1. The lowest BCUT2D eigenvalue weighted by Gasteiger charge is -2.32. The van der Waals surface area contributed by atoms with Crippen LogP contribution in [0.25, 0.3) is 0 Å². The predicted octanol–water partition coefficient (Wildman–Crippen LogP) is 4.15. The van der Waals surface area contributed by atoms with Crippen molar-refractivity contribution in [2.45, 2.75) is 64.8 Å². The van der Waals surface area contributed by atoms with E-state index >= 15 is 0 Å². The first-order chi connectivity index (χ1) is 15.6. The van der Waals surface area contributed by atoms with Gasteiger partial charge >= 0.3 is 13.1 Å². The number of fused-ring (bicyclic) bond motifs is 3. The summed E-state index contributed by atoms with van der Waals surface area (Å²) in [6, 6.07) is 10.8. The van der Waals surface area contributed by atoms with Crippen LogP contribution in [0, 0.1) is 17.7 Å². The van der Waals surface area contributed by atoms with Crippen molar-refractivity contribution in [2.75, 3.05) is 6.61 Å². The first-order valence-corrected chi connectivity index (χ1v) is 11.7. The van der Waals surface area contributed by atoms with Crippen LogP contribution in [0.4, 0.5) is 4.39 Å². The Hall–Kier alpha value is -2.38. The van der Waals surface area contributed by atoms with Gasteiger partial charge in [-0.1, -0.05) is 18.2 Å². The molecular weight excluding hydrogens is 422 g/mol. The molecule has 0 amide bonds. The number of ether oxygens (including phenoxy) is 2. The Kier molecular flexibility index (Phi) is 5.33. The summed E-state index contributed by atoms with van der Waals surface area (Å²) >= 11 is 0. The molecule has 33 heavy (non-hydrogen) atoms. The molecule has 3 atom stereocenters. The van der Waals surface area contributed by atoms with E-state index in [2.05, 4.69) is 0 Å². The number of halogens is 1. The zero-order valence-corrected chi connectivity index (χ0v) is 19.8. The monoisotopic (exact) mass is 452 g/mol. The third kappa shape index (κ3) is 3.85. The largest absolute Gasteiger partial charge is 0.494 e. The minimum atomic E-state index is -0.548. The second-order valence-electron chi connectivity index (χ2n) is 10.3. The first kappa shape index (κ1) is 22.4. The molecule has 1 saturated heterocycles. The molecule has 0 unspecified atom stereocenters. The van der Waals surface area contributed by atoms with E-state index in [1.54, 1.807) is 12.1 Å². The van der Waals surface area contributed by atoms with Crippen LogP contribution in [-0.2, 0) is 31.9 Å². The molecule has 7 heteroatoms. The number of esters is 1. The van der Waals surface area contributed by atoms with Crippen LogP contribution in [-0.4, -0.2) is 30.9 Å². The van der Waals surface area contributed by atoms with E-state index in [-0.39, 0.29) is 30.2 Å². The highest BCUT2D eigenvalue weighted by molar-refractivity contribution is 6.62. The number of hydrogen-bond donors (Lipinski definition) is 0.